The summed E-state index contributed by atoms with van der Waals surface area (Å²) in [4.78, 5) is 22.0. The summed E-state index contributed by atoms with van der Waals surface area (Å²) < 4.78 is 10.7. The van der Waals surface area contributed by atoms with Crippen LogP contribution < -0.4 is 20.5 Å². The second-order valence-electron chi connectivity index (χ2n) is 5.39. The van der Waals surface area contributed by atoms with Crippen molar-refractivity contribution in [2.75, 3.05) is 19.0 Å². The minimum atomic E-state index is -0.968. The Bertz CT molecular complexity index is 789. The number of aromatic carboxylic acids is 1. The second kappa shape index (κ2) is 8.05. The molecule has 7 nitrogen and oxygen atoms in total. The zero-order valence-corrected chi connectivity index (χ0v) is 14.0. The highest BCUT2D eigenvalue weighted by atomic mass is 16.5. The number of ether oxygens (including phenoxy) is 2. The van der Waals surface area contributed by atoms with Crippen molar-refractivity contribution in [3.8, 4) is 11.5 Å². The van der Waals surface area contributed by atoms with Gasteiger partial charge in [0.1, 0.15) is 0 Å². The van der Waals surface area contributed by atoms with E-state index in [0.29, 0.717) is 18.0 Å². The van der Waals surface area contributed by atoms with E-state index in [2.05, 4.69) is 5.32 Å². The second-order valence-corrected chi connectivity index (χ2v) is 5.39. The number of anilines is 1. The molecule has 0 saturated heterocycles. The molecule has 132 valence electrons. The van der Waals surface area contributed by atoms with Crippen LogP contribution in [0.2, 0.25) is 0 Å². The SMILES string of the molecule is COc1cccc(CNc2ccc(C(=O)O)cc2C)c1OCC(N)=O. The summed E-state index contributed by atoms with van der Waals surface area (Å²) in [5, 5.41) is 12.2. The molecule has 1 amide bonds. The smallest absolute Gasteiger partial charge is 0.335 e. The Labute approximate surface area is 145 Å². The van der Waals surface area contributed by atoms with E-state index < -0.39 is 11.9 Å². The Balaban J connectivity index is 2.20. The normalized spacial score (nSPS) is 10.2. The summed E-state index contributed by atoms with van der Waals surface area (Å²) in [5.74, 6) is -0.607. The van der Waals surface area contributed by atoms with Crippen molar-refractivity contribution in [2.45, 2.75) is 13.5 Å². The number of benzene rings is 2. The maximum atomic E-state index is 11.0. The minimum absolute atomic E-state index is 0.231. The maximum Gasteiger partial charge on any atom is 0.335 e. The van der Waals surface area contributed by atoms with Crippen LogP contribution in [0.15, 0.2) is 36.4 Å². The van der Waals surface area contributed by atoms with Crippen LogP contribution >= 0.6 is 0 Å². The summed E-state index contributed by atoms with van der Waals surface area (Å²) in [5.41, 5.74) is 7.76. The number of rotatable bonds is 8. The van der Waals surface area contributed by atoms with E-state index in [0.717, 1.165) is 16.8 Å². The molecule has 0 saturated carbocycles. The first-order valence-electron chi connectivity index (χ1n) is 7.57. The molecule has 0 heterocycles. The Morgan fingerprint density at radius 1 is 1.24 bits per heavy atom. The molecule has 0 radical (unpaired) electrons. The maximum absolute atomic E-state index is 11.0. The van der Waals surface area contributed by atoms with Gasteiger partial charge in [-0.15, -0.1) is 0 Å². The van der Waals surface area contributed by atoms with Crippen LogP contribution in [0, 0.1) is 6.92 Å². The van der Waals surface area contributed by atoms with Crippen LogP contribution in [0.1, 0.15) is 21.5 Å². The lowest BCUT2D eigenvalue weighted by Crippen LogP contribution is -2.21. The molecule has 2 rings (SSSR count). The lowest BCUT2D eigenvalue weighted by molar-refractivity contribution is -0.119. The van der Waals surface area contributed by atoms with Gasteiger partial charge < -0.3 is 25.6 Å². The topological polar surface area (TPSA) is 111 Å². The number of para-hydroxylation sites is 1. The zero-order valence-electron chi connectivity index (χ0n) is 14.0. The number of amides is 1. The summed E-state index contributed by atoms with van der Waals surface area (Å²) in [6, 6.07) is 10.2. The third-order valence-electron chi connectivity index (χ3n) is 3.58. The molecular weight excluding hydrogens is 324 g/mol. The first-order valence-corrected chi connectivity index (χ1v) is 7.57. The van der Waals surface area contributed by atoms with E-state index in [1.165, 1.54) is 13.2 Å². The van der Waals surface area contributed by atoms with Crippen LogP contribution in [0.4, 0.5) is 5.69 Å². The molecule has 4 N–H and O–H groups in total. The van der Waals surface area contributed by atoms with Gasteiger partial charge in [-0.05, 0) is 36.8 Å². The van der Waals surface area contributed by atoms with E-state index in [4.69, 9.17) is 20.3 Å². The van der Waals surface area contributed by atoms with E-state index in [1.807, 2.05) is 19.1 Å². The van der Waals surface area contributed by atoms with Gasteiger partial charge in [0.05, 0.1) is 12.7 Å². The first kappa shape index (κ1) is 18.1. The van der Waals surface area contributed by atoms with Crippen LogP contribution in [-0.4, -0.2) is 30.7 Å². The predicted molar refractivity (Wildman–Crippen MR) is 93.1 cm³/mol. The van der Waals surface area contributed by atoms with E-state index in [1.54, 1.807) is 18.2 Å². The molecule has 0 aromatic heterocycles. The van der Waals surface area contributed by atoms with Gasteiger partial charge in [-0.2, -0.15) is 0 Å². The van der Waals surface area contributed by atoms with Crippen molar-refractivity contribution >= 4 is 17.6 Å². The number of nitrogens with one attached hydrogen (secondary N) is 1. The molecule has 0 atom stereocenters. The van der Waals surface area contributed by atoms with E-state index >= 15 is 0 Å². The van der Waals surface area contributed by atoms with Crippen molar-refractivity contribution in [1.82, 2.24) is 0 Å². The Kier molecular flexibility index (Phi) is 5.84. The van der Waals surface area contributed by atoms with Gasteiger partial charge in [-0.3, -0.25) is 4.79 Å². The molecule has 0 aliphatic rings. The van der Waals surface area contributed by atoms with Gasteiger partial charge in [-0.25, -0.2) is 4.79 Å². The average molecular weight is 344 g/mol. The molecular formula is C18H20N2O5. The Morgan fingerprint density at radius 2 is 2.00 bits per heavy atom. The fraction of sp³-hybridized carbons (Fsp3) is 0.222. The molecule has 2 aromatic carbocycles. The lowest BCUT2D eigenvalue weighted by atomic mass is 10.1. The fourth-order valence-corrected chi connectivity index (χ4v) is 2.35. The summed E-state index contributed by atoms with van der Waals surface area (Å²) in [6.45, 7) is 1.98. The standard InChI is InChI=1S/C18H20N2O5/c1-11-8-12(18(22)23)6-7-14(11)20-9-13-4-3-5-15(24-2)17(13)25-10-16(19)21/h3-8,20H,9-10H2,1-2H3,(H2,19,21)(H,22,23). The monoisotopic (exact) mass is 344 g/mol. The van der Waals surface area contributed by atoms with Crippen LogP contribution in [-0.2, 0) is 11.3 Å². The highest BCUT2D eigenvalue weighted by Crippen LogP contribution is 2.32. The van der Waals surface area contributed by atoms with Gasteiger partial charge in [0, 0.05) is 17.8 Å². The number of methoxy groups -OCH3 is 1. The fourth-order valence-electron chi connectivity index (χ4n) is 2.35. The summed E-state index contributed by atoms with van der Waals surface area (Å²) >= 11 is 0. The largest absolute Gasteiger partial charge is 0.493 e. The summed E-state index contributed by atoms with van der Waals surface area (Å²) in [7, 11) is 1.51. The third kappa shape index (κ3) is 4.63. The number of nitrogens with two attached hydrogens (primary N) is 1. The van der Waals surface area contributed by atoms with Crippen molar-refractivity contribution in [3.05, 3.63) is 53.1 Å². The molecule has 0 aliphatic carbocycles. The minimum Gasteiger partial charge on any atom is -0.493 e. The number of primary amides is 1. The predicted octanol–water partition coefficient (Wildman–Crippen LogP) is 2.18. The zero-order chi connectivity index (χ0) is 18.4. The molecule has 0 fully saturated rings. The molecule has 0 bridgehead atoms. The number of carboxylic acid groups (broad SMARTS) is 1. The first-order chi connectivity index (χ1) is 11.9. The molecule has 2 aromatic rings. The Morgan fingerprint density at radius 3 is 2.60 bits per heavy atom. The van der Waals surface area contributed by atoms with Gasteiger partial charge in [0.15, 0.2) is 18.1 Å². The number of carbonyl (C=O) groups is 2. The van der Waals surface area contributed by atoms with Crippen LogP contribution in [0.25, 0.3) is 0 Å². The van der Waals surface area contributed by atoms with Crippen molar-refractivity contribution in [3.63, 3.8) is 0 Å². The van der Waals surface area contributed by atoms with Gasteiger partial charge in [-0.1, -0.05) is 12.1 Å². The van der Waals surface area contributed by atoms with Crippen molar-refractivity contribution < 1.29 is 24.2 Å². The number of hydrogen-bond donors (Lipinski definition) is 3. The highest BCUT2D eigenvalue weighted by Gasteiger charge is 2.12. The number of carboxylic acids is 1. The van der Waals surface area contributed by atoms with Gasteiger partial charge in [0.2, 0.25) is 0 Å². The summed E-state index contributed by atoms with van der Waals surface area (Å²) in [6.07, 6.45) is 0. The molecule has 0 unspecified atom stereocenters. The molecule has 0 aliphatic heterocycles. The molecule has 7 heteroatoms. The lowest BCUT2D eigenvalue weighted by Gasteiger charge is -2.16. The van der Waals surface area contributed by atoms with Crippen molar-refractivity contribution in [1.29, 1.82) is 0 Å². The van der Waals surface area contributed by atoms with E-state index in [9.17, 15) is 9.59 Å². The Hall–Kier alpha value is -3.22. The number of aryl methyl sites for hydroxylation is 1. The average Bonchev–Trinajstić information content (AvgIpc) is 2.58. The third-order valence-corrected chi connectivity index (χ3v) is 3.58. The quantitative estimate of drug-likeness (QED) is 0.677. The van der Waals surface area contributed by atoms with Crippen molar-refractivity contribution in [2.24, 2.45) is 5.73 Å². The highest BCUT2D eigenvalue weighted by molar-refractivity contribution is 5.88. The van der Waals surface area contributed by atoms with Gasteiger partial charge >= 0.3 is 5.97 Å². The van der Waals surface area contributed by atoms with Crippen LogP contribution in [0.3, 0.4) is 0 Å². The van der Waals surface area contributed by atoms with Gasteiger partial charge in [0.25, 0.3) is 5.91 Å². The van der Waals surface area contributed by atoms with E-state index in [-0.39, 0.29) is 12.2 Å². The molecule has 0 spiro atoms. The molecule has 25 heavy (non-hydrogen) atoms. The number of carbonyl (C=O) groups excluding carboxylic acids is 1. The number of hydrogen-bond acceptors (Lipinski definition) is 5. The van der Waals surface area contributed by atoms with Crippen LogP contribution in [0.5, 0.6) is 11.5 Å².